The fraction of sp³-hybridized carbons (Fsp3) is 0.105. The predicted molar refractivity (Wildman–Crippen MR) is 98.4 cm³/mol. The molecule has 0 aliphatic rings. The second-order valence-corrected chi connectivity index (χ2v) is 6.49. The van der Waals surface area contributed by atoms with E-state index in [1.54, 1.807) is 0 Å². The van der Waals surface area contributed by atoms with Gasteiger partial charge < -0.3 is 0 Å². The van der Waals surface area contributed by atoms with Crippen LogP contribution >= 0.6 is 11.3 Å². The molecule has 0 fully saturated rings. The van der Waals surface area contributed by atoms with Crippen LogP contribution in [-0.2, 0) is 17.4 Å². The summed E-state index contributed by atoms with van der Waals surface area (Å²) in [7, 11) is 0. The lowest BCUT2D eigenvalue weighted by Crippen LogP contribution is -2.20. The van der Waals surface area contributed by atoms with Gasteiger partial charge in [0.15, 0.2) is 0 Å². The summed E-state index contributed by atoms with van der Waals surface area (Å²) in [6.45, 7) is 0. The van der Waals surface area contributed by atoms with E-state index >= 15 is 0 Å². The molecule has 2 aromatic carbocycles. The lowest BCUT2D eigenvalue weighted by molar-refractivity contribution is -0.137. The Hall–Kier alpha value is -3.00. The van der Waals surface area contributed by atoms with E-state index in [0.29, 0.717) is 5.01 Å². The van der Waals surface area contributed by atoms with Crippen molar-refractivity contribution in [1.82, 2.24) is 10.4 Å². The highest BCUT2D eigenvalue weighted by Crippen LogP contribution is 2.31. The van der Waals surface area contributed by atoms with Gasteiger partial charge in [-0.25, -0.2) is 10.4 Å². The molecule has 1 heterocycles. The first-order chi connectivity index (χ1) is 12.9. The van der Waals surface area contributed by atoms with Gasteiger partial charge in [-0.2, -0.15) is 18.3 Å². The molecule has 0 atom stereocenters. The molecule has 3 rings (SSSR count). The summed E-state index contributed by atoms with van der Waals surface area (Å²) >= 11 is 1.34. The Morgan fingerprint density at radius 1 is 1.11 bits per heavy atom. The topological polar surface area (TPSA) is 54.4 Å². The molecule has 0 saturated heterocycles. The number of alkyl halides is 3. The molecular weight excluding hydrogens is 375 g/mol. The average Bonchev–Trinajstić information content (AvgIpc) is 3.10. The summed E-state index contributed by atoms with van der Waals surface area (Å²) in [4.78, 5) is 16.3. The van der Waals surface area contributed by atoms with Gasteiger partial charge in [-0.05, 0) is 6.07 Å². The average molecular weight is 389 g/mol. The predicted octanol–water partition coefficient (Wildman–Crippen LogP) is 4.52. The van der Waals surface area contributed by atoms with Crippen LogP contribution in [0.1, 0.15) is 16.1 Å². The number of benzene rings is 2. The van der Waals surface area contributed by atoms with E-state index < -0.39 is 17.6 Å². The lowest BCUT2D eigenvalue weighted by Gasteiger charge is -2.09. The van der Waals surface area contributed by atoms with Gasteiger partial charge >= 0.3 is 6.18 Å². The minimum absolute atomic E-state index is 0.00421. The van der Waals surface area contributed by atoms with Crippen molar-refractivity contribution in [3.8, 4) is 11.3 Å². The SMILES string of the molecule is O=C(Cc1nc(-c2ccccc2)cs1)N/N=C\c1ccccc1C(F)(F)F. The zero-order valence-electron chi connectivity index (χ0n) is 13.9. The summed E-state index contributed by atoms with van der Waals surface area (Å²) in [6.07, 6.45) is -3.50. The van der Waals surface area contributed by atoms with Gasteiger partial charge in [-0.1, -0.05) is 48.5 Å². The quantitative estimate of drug-likeness (QED) is 0.515. The van der Waals surface area contributed by atoms with Crippen molar-refractivity contribution in [2.45, 2.75) is 12.6 Å². The second-order valence-electron chi connectivity index (χ2n) is 5.55. The molecule has 27 heavy (non-hydrogen) atoms. The lowest BCUT2D eigenvalue weighted by atomic mass is 10.1. The monoisotopic (exact) mass is 389 g/mol. The second kappa shape index (κ2) is 8.13. The maximum Gasteiger partial charge on any atom is 0.417 e. The molecule has 1 N–H and O–H groups in total. The van der Waals surface area contributed by atoms with E-state index in [1.165, 1.54) is 29.5 Å². The fourth-order valence-electron chi connectivity index (χ4n) is 2.35. The number of hydrazone groups is 1. The molecule has 0 saturated carbocycles. The Labute approximate surface area is 157 Å². The van der Waals surface area contributed by atoms with Gasteiger partial charge in [-0.3, -0.25) is 4.79 Å². The third-order valence-electron chi connectivity index (χ3n) is 3.59. The highest BCUT2D eigenvalue weighted by Gasteiger charge is 2.32. The Morgan fingerprint density at radius 2 is 1.81 bits per heavy atom. The summed E-state index contributed by atoms with van der Waals surface area (Å²) in [6, 6.07) is 14.5. The number of halogens is 3. The summed E-state index contributed by atoms with van der Waals surface area (Å²) in [5, 5.41) is 6.07. The van der Waals surface area contributed by atoms with Crippen LogP contribution in [0.4, 0.5) is 13.2 Å². The molecule has 0 aliphatic heterocycles. The van der Waals surface area contributed by atoms with Crippen LogP contribution < -0.4 is 5.43 Å². The number of nitrogens with zero attached hydrogens (tertiary/aromatic N) is 2. The molecule has 1 aromatic heterocycles. The normalized spacial score (nSPS) is 11.7. The third kappa shape index (κ3) is 5.01. The van der Waals surface area contributed by atoms with E-state index in [4.69, 9.17) is 0 Å². The van der Waals surface area contributed by atoms with Crippen molar-refractivity contribution in [3.05, 3.63) is 76.1 Å². The maximum absolute atomic E-state index is 12.9. The van der Waals surface area contributed by atoms with E-state index in [1.807, 2.05) is 35.7 Å². The first kappa shape index (κ1) is 18.8. The van der Waals surface area contributed by atoms with Gasteiger partial charge in [0.2, 0.25) is 5.91 Å². The smallest absolute Gasteiger partial charge is 0.273 e. The van der Waals surface area contributed by atoms with E-state index in [2.05, 4.69) is 15.5 Å². The molecule has 1 amide bonds. The van der Waals surface area contributed by atoms with Crippen LogP contribution in [0.5, 0.6) is 0 Å². The molecular formula is C19H14F3N3OS. The molecule has 3 aromatic rings. The van der Waals surface area contributed by atoms with E-state index in [-0.39, 0.29) is 12.0 Å². The highest BCUT2D eigenvalue weighted by molar-refractivity contribution is 7.10. The zero-order valence-corrected chi connectivity index (χ0v) is 14.7. The standard InChI is InChI=1S/C19H14F3N3OS/c20-19(21,22)15-9-5-4-8-14(15)11-23-25-17(26)10-18-24-16(12-27-18)13-6-2-1-3-7-13/h1-9,11-12H,10H2,(H,25,26)/b23-11-. The maximum atomic E-state index is 12.9. The summed E-state index contributed by atoms with van der Waals surface area (Å²) in [5.74, 6) is -0.454. The number of aromatic nitrogens is 1. The van der Waals surface area contributed by atoms with Crippen molar-refractivity contribution < 1.29 is 18.0 Å². The van der Waals surface area contributed by atoms with Gasteiger partial charge in [0.25, 0.3) is 0 Å². The van der Waals surface area contributed by atoms with Crippen LogP contribution in [0, 0.1) is 0 Å². The third-order valence-corrected chi connectivity index (χ3v) is 4.44. The van der Waals surface area contributed by atoms with Gasteiger partial charge in [0, 0.05) is 16.5 Å². The highest BCUT2D eigenvalue weighted by atomic mass is 32.1. The zero-order chi connectivity index (χ0) is 19.3. The number of thiazole rings is 1. The fourth-order valence-corrected chi connectivity index (χ4v) is 3.15. The molecule has 0 unspecified atom stereocenters. The van der Waals surface area contributed by atoms with Crippen LogP contribution in [0.25, 0.3) is 11.3 Å². The molecule has 4 nitrogen and oxygen atoms in total. The van der Waals surface area contributed by atoms with Crippen LogP contribution in [0.15, 0.2) is 65.1 Å². The van der Waals surface area contributed by atoms with Crippen molar-refractivity contribution in [3.63, 3.8) is 0 Å². The Kier molecular flexibility index (Phi) is 5.66. The van der Waals surface area contributed by atoms with Crippen molar-refractivity contribution in [1.29, 1.82) is 0 Å². The molecule has 0 aliphatic carbocycles. The minimum Gasteiger partial charge on any atom is -0.273 e. The molecule has 8 heteroatoms. The first-order valence-corrected chi connectivity index (χ1v) is 8.79. The van der Waals surface area contributed by atoms with Gasteiger partial charge in [-0.15, -0.1) is 11.3 Å². The van der Waals surface area contributed by atoms with Gasteiger partial charge in [0.05, 0.1) is 23.9 Å². The summed E-state index contributed by atoms with van der Waals surface area (Å²) in [5.41, 5.74) is 3.02. The Balaban J connectivity index is 1.61. The van der Waals surface area contributed by atoms with Crippen LogP contribution in [0.3, 0.4) is 0 Å². The molecule has 0 radical (unpaired) electrons. The van der Waals surface area contributed by atoms with E-state index in [0.717, 1.165) is 23.5 Å². The first-order valence-electron chi connectivity index (χ1n) is 7.91. The Bertz CT molecular complexity index is 952. The number of carbonyl (C=O) groups excluding carboxylic acids is 1. The number of amides is 1. The molecule has 0 bridgehead atoms. The number of hydrogen-bond acceptors (Lipinski definition) is 4. The van der Waals surface area contributed by atoms with Gasteiger partial charge in [0.1, 0.15) is 5.01 Å². The van der Waals surface area contributed by atoms with Crippen LogP contribution in [0.2, 0.25) is 0 Å². The largest absolute Gasteiger partial charge is 0.417 e. The van der Waals surface area contributed by atoms with Crippen LogP contribution in [-0.4, -0.2) is 17.1 Å². The molecule has 138 valence electrons. The van der Waals surface area contributed by atoms with Crippen molar-refractivity contribution >= 4 is 23.5 Å². The molecule has 0 spiro atoms. The summed E-state index contributed by atoms with van der Waals surface area (Å²) < 4.78 is 38.7. The number of nitrogens with one attached hydrogen (secondary N) is 1. The number of rotatable bonds is 5. The van der Waals surface area contributed by atoms with Crippen molar-refractivity contribution in [2.75, 3.05) is 0 Å². The number of carbonyl (C=O) groups is 1. The minimum atomic E-state index is -4.48. The number of hydrogen-bond donors (Lipinski definition) is 1. The van der Waals surface area contributed by atoms with E-state index in [9.17, 15) is 18.0 Å². The van der Waals surface area contributed by atoms with Crippen molar-refractivity contribution in [2.24, 2.45) is 5.10 Å². The Morgan fingerprint density at radius 3 is 2.56 bits per heavy atom.